The number of benzene rings is 1. The molecule has 0 atom stereocenters. The third-order valence-electron chi connectivity index (χ3n) is 5.60. The Bertz CT molecular complexity index is 1300. The van der Waals surface area contributed by atoms with Crippen LogP contribution >= 0.6 is 11.3 Å². The summed E-state index contributed by atoms with van der Waals surface area (Å²) in [7, 11) is 0. The van der Waals surface area contributed by atoms with Crippen LogP contribution in [0.4, 0.5) is 16.9 Å². The quantitative estimate of drug-likeness (QED) is 0.483. The minimum Gasteiger partial charge on any atom is -0.491 e. The molecule has 0 bridgehead atoms. The lowest BCUT2D eigenvalue weighted by atomic mass is 9.99. The molecule has 4 heterocycles. The fraction of sp³-hybridized carbons (Fsp3) is 0.304. The van der Waals surface area contributed by atoms with Crippen molar-refractivity contribution in [3.63, 3.8) is 0 Å². The lowest BCUT2D eigenvalue weighted by molar-refractivity contribution is 0.329. The second-order valence-corrected chi connectivity index (χ2v) is 8.99. The number of ether oxygens (including phenoxy) is 1. The second-order valence-electron chi connectivity index (χ2n) is 7.98. The molecule has 4 N–H and O–H groups in total. The largest absolute Gasteiger partial charge is 0.491 e. The van der Waals surface area contributed by atoms with Crippen LogP contribution < -0.4 is 21.1 Å². The molecule has 0 radical (unpaired) electrons. The fourth-order valence-corrected chi connectivity index (χ4v) is 4.85. The van der Waals surface area contributed by atoms with E-state index < -0.39 is 0 Å². The molecular weight excluding hydrogens is 422 g/mol. The molecule has 0 saturated carbocycles. The zero-order valence-electron chi connectivity index (χ0n) is 18.1. The number of anilines is 3. The number of aromatic nitrogens is 4. The number of aryl methyl sites for hydroxylation is 2. The first-order valence-corrected chi connectivity index (χ1v) is 11.5. The number of hydrogen-bond donors (Lipinski definition) is 2. The molecule has 0 amide bonds. The molecule has 9 heteroatoms. The molecule has 0 unspecified atom stereocenters. The smallest absolute Gasteiger partial charge is 0.221 e. The van der Waals surface area contributed by atoms with Crippen molar-refractivity contribution < 1.29 is 4.74 Å². The van der Waals surface area contributed by atoms with Crippen LogP contribution in [0, 0.1) is 6.92 Å². The topological polar surface area (TPSA) is 116 Å². The number of nitrogen functional groups attached to an aromatic ring is 2. The standard InChI is InChI=1S/C23H25N7OS/c1-3-4-14-10-27-22(24)29-20(14)30-5-6-31-19-13(2)7-15(8-17(19)12-30)16-9-18-21(26-11-16)32-23(25)28-18/h7-11H,3-6,12H2,1-2H3,(H2,25,28)(H2,24,27,29). The zero-order chi connectivity index (χ0) is 22.2. The molecule has 3 aromatic heterocycles. The van der Waals surface area contributed by atoms with E-state index in [9.17, 15) is 0 Å². The maximum atomic E-state index is 6.17. The highest BCUT2D eigenvalue weighted by Gasteiger charge is 2.22. The van der Waals surface area contributed by atoms with Gasteiger partial charge in [0.2, 0.25) is 5.95 Å². The number of pyridine rings is 1. The molecule has 1 aromatic carbocycles. The fourth-order valence-electron chi connectivity index (χ4n) is 4.19. The van der Waals surface area contributed by atoms with Crippen LogP contribution in [0.25, 0.3) is 21.5 Å². The van der Waals surface area contributed by atoms with Crippen molar-refractivity contribution in [2.24, 2.45) is 0 Å². The molecule has 1 aliphatic rings. The van der Waals surface area contributed by atoms with Crippen LogP contribution in [0.1, 0.15) is 30.0 Å². The van der Waals surface area contributed by atoms with Gasteiger partial charge < -0.3 is 21.1 Å². The Morgan fingerprint density at radius 1 is 1.09 bits per heavy atom. The molecule has 5 rings (SSSR count). The number of nitrogens with zero attached hydrogens (tertiary/aromatic N) is 5. The summed E-state index contributed by atoms with van der Waals surface area (Å²) in [5.41, 5.74) is 18.0. The molecule has 0 spiro atoms. The van der Waals surface area contributed by atoms with E-state index in [1.54, 1.807) is 0 Å². The summed E-state index contributed by atoms with van der Waals surface area (Å²) in [4.78, 5) is 20.8. The third-order valence-corrected chi connectivity index (χ3v) is 6.41. The Kier molecular flexibility index (Phi) is 5.26. The number of hydrogen-bond acceptors (Lipinski definition) is 9. The molecule has 0 aliphatic carbocycles. The van der Waals surface area contributed by atoms with E-state index in [1.165, 1.54) is 11.3 Å². The van der Waals surface area contributed by atoms with Gasteiger partial charge in [0.25, 0.3) is 0 Å². The molecule has 32 heavy (non-hydrogen) atoms. The zero-order valence-corrected chi connectivity index (χ0v) is 18.9. The summed E-state index contributed by atoms with van der Waals surface area (Å²) in [6.07, 6.45) is 5.64. The van der Waals surface area contributed by atoms with Gasteiger partial charge in [0.15, 0.2) is 5.13 Å². The van der Waals surface area contributed by atoms with E-state index in [0.717, 1.165) is 69.1 Å². The monoisotopic (exact) mass is 447 g/mol. The van der Waals surface area contributed by atoms with E-state index in [2.05, 4.69) is 50.8 Å². The molecule has 0 fully saturated rings. The van der Waals surface area contributed by atoms with E-state index in [4.69, 9.17) is 16.2 Å². The minimum absolute atomic E-state index is 0.289. The van der Waals surface area contributed by atoms with Gasteiger partial charge in [0.05, 0.1) is 6.54 Å². The van der Waals surface area contributed by atoms with E-state index in [1.807, 2.05) is 18.5 Å². The van der Waals surface area contributed by atoms with Gasteiger partial charge in [-0.25, -0.2) is 15.0 Å². The lowest BCUT2D eigenvalue weighted by Crippen LogP contribution is -2.27. The van der Waals surface area contributed by atoms with Crippen molar-refractivity contribution in [3.8, 4) is 16.9 Å². The van der Waals surface area contributed by atoms with Crippen molar-refractivity contribution >= 4 is 38.6 Å². The van der Waals surface area contributed by atoms with E-state index in [-0.39, 0.29) is 5.95 Å². The minimum atomic E-state index is 0.289. The Hall–Kier alpha value is -3.46. The van der Waals surface area contributed by atoms with Gasteiger partial charge in [0.1, 0.15) is 28.5 Å². The van der Waals surface area contributed by atoms with Gasteiger partial charge in [0, 0.05) is 35.6 Å². The maximum Gasteiger partial charge on any atom is 0.221 e. The number of nitrogens with two attached hydrogens (primary N) is 2. The highest BCUT2D eigenvalue weighted by molar-refractivity contribution is 7.21. The van der Waals surface area contributed by atoms with Gasteiger partial charge >= 0.3 is 0 Å². The van der Waals surface area contributed by atoms with Gasteiger partial charge in [-0.2, -0.15) is 4.98 Å². The Morgan fingerprint density at radius 3 is 2.81 bits per heavy atom. The molecule has 4 aromatic rings. The summed E-state index contributed by atoms with van der Waals surface area (Å²) in [6.45, 7) is 6.21. The second kappa shape index (κ2) is 8.23. The van der Waals surface area contributed by atoms with Crippen molar-refractivity contribution in [1.29, 1.82) is 0 Å². The summed E-state index contributed by atoms with van der Waals surface area (Å²) < 4.78 is 6.17. The van der Waals surface area contributed by atoms with Crippen molar-refractivity contribution in [1.82, 2.24) is 19.9 Å². The van der Waals surface area contributed by atoms with Crippen molar-refractivity contribution in [2.75, 3.05) is 29.5 Å². The lowest BCUT2D eigenvalue weighted by Gasteiger charge is -2.24. The van der Waals surface area contributed by atoms with Crippen LogP contribution in [0.5, 0.6) is 5.75 Å². The number of rotatable bonds is 4. The average Bonchev–Trinajstić information content (AvgIpc) is 3.00. The summed E-state index contributed by atoms with van der Waals surface area (Å²) in [5.74, 6) is 2.11. The normalized spacial score (nSPS) is 13.6. The van der Waals surface area contributed by atoms with Crippen molar-refractivity contribution in [3.05, 3.63) is 47.3 Å². The van der Waals surface area contributed by atoms with Crippen LogP contribution in [-0.4, -0.2) is 33.1 Å². The summed E-state index contributed by atoms with van der Waals surface area (Å²) in [5, 5.41) is 0.527. The first-order chi connectivity index (χ1) is 15.5. The highest BCUT2D eigenvalue weighted by atomic mass is 32.1. The first-order valence-electron chi connectivity index (χ1n) is 10.7. The first kappa shape index (κ1) is 20.4. The van der Waals surface area contributed by atoms with Crippen LogP contribution in [0.15, 0.2) is 30.6 Å². The molecule has 164 valence electrons. The summed E-state index contributed by atoms with van der Waals surface area (Å²) in [6, 6.07) is 6.34. The average molecular weight is 448 g/mol. The van der Waals surface area contributed by atoms with Gasteiger partial charge in [-0.1, -0.05) is 24.7 Å². The van der Waals surface area contributed by atoms with E-state index >= 15 is 0 Å². The van der Waals surface area contributed by atoms with Crippen molar-refractivity contribution in [2.45, 2.75) is 33.2 Å². The number of fused-ring (bicyclic) bond motifs is 2. The maximum absolute atomic E-state index is 6.17. The highest BCUT2D eigenvalue weighted by Crippen LogP contribution is 2.35. The SMILES string of the molecule is CCCc1cnc(N)nc1N1CCOc2c(C)cc(-c3cnc4sc(N)nc4c3)cc2C1. The molecule has 0 saturated heterocycles. The Labute approximate surface area is 190 Å². The Balaban J connectivity index is 1.55. The Morgan fingerprint density at radius 2 is 1.97 bits per heavy atom. The predicted molar refractivity (Wildman–Crippen MR) is 129 cm³/mol. The van der Waals surface area contributed by atoms with Crippen LogP contribution in [0.2, 0.25) is 0 Å². The van der Waals surface area contributed by atoms with Crippen LogP contribution in [0.3, 0.4) is 0 Å². The van der Waals surface area contributed by atoms with Gasteiger partial charge in [-0.05, 0) is 42.7 Å². The predicted octanol–water partition coefficient (Wildman–Crippen LogP) is 3.97. The van der Waals surface area contributed by atoms with E-state index in [0.29, 0.717) is 18.3 Å². The third kappa shape index (κ3) is 3.80. The van der Waals surface area contributed by atoms with Gasteiger partial charge in [-0.15, -0.1) is 0 Å². The van der Waals surface area contributed by atoms with Crippen LogP contribution in [-0.2, 0) is 13.0 Å². The molecular formula is C23H25N7OS. The number of thiazole rings is 1. The molecule has 8 nitrogen and oxygen atoms in total. The molecule has 1 aliphatic heterocycles. The van der Waals surface area contributed by atoms with Gasteiger partial charge in [-0.3, -0.25) is 0 Å². The summed E-state index contributed by atoms with van der Waals surface area (Å²) >= 11 is 1.40.